The molecular weight excluding hydrogens is 207 g/mol. The van der Waals surface area contributed by atoms with Crippen LogP contribution in [0.2, 0.25) is 0 Å². The highest BCUT2D eigenvalue weighted by Gasteiger charge is 2.34. The Kier molecular flexibility index (Phi) is 3.37. The number of benzene rings is 1. The van der Waals surface area contributed by atoms with E-state index >= 15 is 0 Å². The summed E-state index contributed by atoms with van der Waals surface area (Å²) in [6.45, 7) is 2.13. The van der Waals surface area contributed by atoms with Gasteiger partial charge in [-0.15, -0.1) is 0 Å². The van der Waals surface area contributed by atoms with Gasteiger partial charge in [0.15, 0.2) is 0 Å². The van der Waals surface area contributed by atoms with Gasteiger partial charge in [-0.3, -0.25) is 4.79 Å². The maximum absolute atomic E-state index is 11.3. The second-order valence-corrected chi connectivity index (χ2v) is 6.04. The number of carbonyl (C=O) groups excluding carboxylic acids is 1. The molecule has 1 aromatic carbocycles. The van der Waals surface area contributed by atoms with E-state index in [4.69, 9.17) is 4.74 Å². The predicted octanol–water partition coefficient (Wildman–Crippen LogP) is 2.48. The maximum atomic E-state index is 11.3. The van der Waals surface area contributed by atoms with Gasteiger partial charge in [-0.05, 0) is 19.6 Å². The minimum atomic E-state index is -0.421. The summed E-state index contributed by atoms with van der Waals surface area (Å²) in [5.41, 5.74) is 0. The number of hydrogen-bond acceptors (Lipinski definition) is 2. The van der Waals surface area contributed by atoms with Crippen LogP contribution in [0.3, 0.4) is 0 Å². The topological polar surface area (TPSA) is 26.3 Å². The molecule has 0 saturated carbocycles. The van der Waals surface area contributed by atoms with Crippen LogP contribution in [-0.2, 0) is 9.53 Å². The quantitative estimate of drug-likeness (QED) is 0.580. The molecule has 0 amide bonds. The number of rotatable bonds is 3. The summed E-state index contributed by atoms with van der Waals surface area (Å²) >= 11 is 0. The number of hydrogen-bond donors (Lipinski definition) is 0. The van der Waals surface area contributed by atoms with E-state index in [0.29, 0.717) is 6.16 Å². The van der Waals surface area contributed by atoms with Crippen LogP contribution in [0.5, 0.6) is 0 Å². The van der Waals surface area contributed by atoms with E-state index in [2.05, 4.69) is 19.1 Å². The largest absolute Gasteiger partial charge is 0.457 e. The van der Waals surface area contributed by atoms with E-state index in [-0.39, 0.29) is 11.8 Å². The molecular formula is C12H15O2P. The normalized spacial score (nSPS) is 25.3. The van der Waals surface area contributed by atoms with Gasteiger partial charge in [-0.25, -0.2) is 0 Å². The molecule has 1 heterocycles. The average Bonchev–Trinajstić information content (AvgIpc) is 2.62. The molecule has 1 saturated heterocycles. The molecule has 0 aliphatic carbocycles. The molecule has 0 radical (unpaired) electrons. The maximum Gasteiger partial charge on any atom is 0.311 e. The van der Waals surface area contributed by atoms with Crippen LogP contribution < -0.4 is 5.30 Å². The van der Waals surface area contributed by atoms with E-state index in [1.807, 2.05) is 18.2 Å². The van der Waals surface area contributed by atoms with Crippen molar-refractivity contribution in [1.29, 1.82) is 0 Å². The van der Waals surface area contributed by atoms with Crippen molar-refractivity contribution < 1.29 is 9.53 Å². The second kappa shape index (κ2) is 4.76. The molecule has 0 N–H and O–H groups in total. The van der Waals surface area contributed by atoms with Crippen LogP contribution in [-0.4, -0.2) is 18.0 Å². The van der Waals surface area contributed by atoms with Crippen LogP contribution in [0.4, 0.5) is 0 Å². The summed E-state index contributed by atoms with van der Waals surface area (Å²) in [6, 6.07) is 10.3. The summed E-state index contributed by atoms with van der Waals surface area (Å²) in [6.07, 6.45) is 2.67. The van der Waals surface area contributed by atoms with Crippen LogP contribution in [0.15, 0.2) is 30.3 Å². The third-order valence-electron chi connectivity index (χ3n) is 2.54. The zero-order valence-corrected chi connectivity index (χ0v) is 9.74. The number of carbonyl (C=O) groups is 1. The van der Waals surface area contributed by atoms with Gasteiger partial charge < -0.3 is 4.74 Å². The van der Waals surface area contributed by atoms with Crippen molar-refractivity contribution in [3.05, 3.63) is 30.3 Å². The first-order valence-corrected chi connectivity index (χ1v) is 6.92. The lowest BCUT2D eigenvalue weighted by molar-refractivity contribution is -0.140. The Morgan fingerprint density at radius 2 is 2.13 bits per heavy atom. The summed E-state index contributed by atoms with van der Waals surface area (Å²) in [5.74, 6) is 0.128. The molecule has 2 rings (SSSR count). The Hall–Kier alpha value is -0.880. The zero-order chi connectivity index (χ0) is 10.7. The summed E-state index contributed by atoms with van der Waals surface area (Å²) < 4.78 is 5.36. The van der Waals surface area contributed by atoms with Crippen LogP contribution in [0.25, 0.3) is 0 Å². The van der Waals surface area contributed by atoms with Crippen molar-refractivity contribution in [3.8, 4) is 0 Å². The Balaban J connectivity index is 2.17. The van der Waals surface area contributed by atoms with Gasteiger partial charge in [0.05, 0.1) is 6.16 Å². The molecule has 2 nitrogen and oxygen atoms in total. The fourth-order valence-corrected chi connectivity index (χ4v) is 4.27. The zero-order valence-electron chi connectivity index (χ0n) is 8.85. The molecule has 1 aliphatic heterocycles. The minimum absolute atomic E-state index is 0.0246. The Morgan fingerprint density at radius 3 is 2.80 bits per heavy atom. The van der Waals surface area contributed by atoms with Gasteiger partial charge in [0.1, 0.15) is 5.85 Å². The molecule has 80 valence electrons. The van der Waals surface area contributed by atoms with Crippen LogP contribution in [0, 0.1) is 0 Å². The van der Waals surface area contributed by atoms with Gasteiger partial charge >= 0.3 is 5.97 Å². The lowest BCUT2D eigenvalue weighted by atomic mass is 10.3. The molecule has 1 aliphatic rings. The summed E-state index contributed by atoms with van der Waals surface area (Å²) in [5, 5.41) is 1.29. The highest BCUT2D eigenvalue weighted by molar-refractivity contribution is 7.67. The van der Waals surface area contributed by atoms with Gasteiger partial charge in [-0.2, -0.15) is 0 Å². The number of cyclic esters (lactones) is 1. The molecule has 0 bridgehead atoms. The predicted molar refractivity (Wildman–Crippen MR) is 62.7 cm³/mol. The number of ether oxygens (including phenoxy) is 1. The molecule has 15 heavy (non-hydrogen) atoms. The monoisotopic (exact) mass is 222 g/mol. The van der Waals surface area contributed by atoms with Crippen LogP contribution in [0.1, 0.15) is 19.8 Å². The third kappa shape index (κ3) is 2.38. The van der Waals surface area contributed by atoms with Crippen molar-refractivity contribution in [1.82, 2.24) is 0 Å². The molecule has 0 aromatic heterocycles. The minimum Gasteiger partial charge on any atom is -0.457 e. The first kappa shape index (κ1) is 10.6. The molecule has 0 unspecified atom stereocenters. The molecule has 0 spiro atoms. The fraction of sp³-hybridized carbons (Fsp3) is 0.417. The first-order valence-electron chi connectivity index (χ1n) is 5.32. The van der Waals surface area contributed by atoms with Gasteiger partial charge in [-0.1, -0.05) is 43.7 Å². The van der Waals surface area contributed by atoms with E-state index in [0.717, 1.165) is 12.8 Å². The Labute approximate surface area is 91.4 Å². The van der Waals surface area contributed by atoms with E-state index in [9.17, 15) is 4.79 Å². The third-order valence-corrected chi connectivity index (χ3v) is 5.16. The van der Waals surface area contributed by atoms with Gasteiger partial charge in [0.2, 0.25) is 0 Å². The lowest BCUT2D eigenvalue weighted by Crippen LogP contribution is -2.10. The van der Waals surface area contributed by atoms with Gasteiger partial charge in [0.25, 0.3) is 0 Å². The molecule has 2 atom stereocenters. The second-order valence-electron chi connectivity index (χ2n) is 3.70. The number of esters is 1. The average molecular weight is 222 g/mol. The highest BCUT2D eigenvalue weighted by atomic mass is 31.1. The molecule has 1 fully saturated rings. The highest BCUT2D eigenvalue weighted by Crippen LogP contribution is 2.47. The Morgan fingerprint density at radius 1 is 1.40 bits per heavy atom. The van der Waals surface area contributed by atoms with E-state index in [1.165, 1.54) is 5.30 Å². The van der Waals surface area contributed by atoms with Crippen molar-refractivity contribution >= 4 is 19.2 Å². The van der Waals surface area contributed by atoms with Crippen molar-refractivity contribution in [2.75, 3.05) is 6.16 Å². The lowest BCUT2D eigenvalue weighted by Gasteiger charge is -2.17. The summed E-state index contributed by atoms with van der Waals surface area (Å²) in [4.78, 5) is 11.3. The van der Waals surface area contributed by atoms with Gasteiger partial charge in [0, 0.05) is 0 Å². The van der Waals surface area contributed by atoms with Crippen molar-refractivity contribution in [2.45, 2.75) is 25.6 Å². The van der Waals surface area contributed by atoms with Crippen molar-refractivity contribution in [3.63, 3.8) is 0 Å². The van der Waals surface area contributed by atoms with Crippen LogP contribution >= 0.6 is 7.92 Å². The van der Waals surface area contributed by atoms with E-state index < -0.39 is 7.92 Å². The van der Waals surface area contributed by atoms with Crippen molar-refractivity contribution in [2.24, 2.45) is 0 Å². The standard InChI is InChI=1S/C12H15O2P/c1-2-6-12-14-11(13)9-15(12)10-7-4-3-5-8-10/h3-5,7-8,12H,2,6,9H2,1H3/t12-,15+/m0/s1. The van der Waals surface area contributed by atoms with E-state index in [1.54, 1.807) is 0 Å². The fourth-order valence-electron chi connectivity index (χ4n) is 1.83. The Bertz CT molecular complexity index is 337. The summed E-state index contributed by atoms with van der Waals surface area (Å²) in [7, 11) is -0.421. The molecule has 3 heteroatoms. The smallest absolute Gasteiger partial charge is 0.311 e. The molecule has 1 aromatic rings. The SMILES string of the molecule is CCC[C@H]1OC(=O)C[P@]1c1ccccc1. The first-order chi connectivity index (χ1) is 7.31.